The Morgan fingerprint density at radius 2 is 1.81 bits per heavy atom. The van der Waals surface area contributed by atoms with Crippen molar-refractivity contribution in [2.45, 2.75) is 20.0 Å². The summed E-state index contributed by atoms with van der Waals surface area (Å²) in [5.74, 6) is -0.738. The number of nitrogens with zero attached hydrogens (tertiary/aromatic N) is 1. The lowest BCUT2D eigenvalue weighted by Crippen LogP contribution is -2.46. The molecule has 3 rings (SSSR count). The molecule has 1 fully saturated rings. The van der Waals surface area contributed by atoms with E-state index in [1.54, 1.807) is 29.2 Å². The van der Waals surface area contributed by atoms with Gasteiger partial charge < -0.3 is 15.0 Å². The molecule has 1 aliphatic heterocycles. The summed E-state index contributed by atoms with van der Waals surface area (Å²) in [7, 11) is 0. The van der Waals surface area contributed by atoms with Crippen LogP contribution in [0.3, 0.4) is 0 Å². The first-order valence-corrected chi connectivity index (χ1v) is 8.94. The molecule has 1 aliphatic rings. The average molecular weight is 370 g/mol. The Morgan fingerprint density at radius 3 is 2.48 bits per heavy atom. The fraction of sp³-hybridized carbons (Fsp3) is 0.333. The Bertz CT molecular complexity index is 816. The molecule has 5 nitrogen and oxygen atoms in total. The van der Waals surface area contributed by atoms with Gasteiger partial charge in [0.05, 0.1) is 19.7 Å². The lowest BCUT2D eigenvalue weighted by Gasteiger charge is -2.33. The number of carbonyl (C=O) groups is 2. The van der Waals surface area contributed by atoms with E-state index < -0.39 is 0 Å². The van der Waals surface area contributed by atoms with Gasteiger partial charge in [-0.05, 0) is 43.7 Å². The van der Waals surface area contributed by atoms with Crippen molar-refractivity contribution in [3.05, 3.63) is 70.5 Å². The van der Waals surface area contributed by atoms with Gasteiger partial charge in [0, 0.05) is 12.1 Å². The molecular formula is C21H23FN2O3. The van der Waals surface area contributed by atoms with Gasteiger partial charge >= 0.3 is 0 Å². The molecule has 0 saturated carbocycles. The van der Waals surface area contributed by atoms with Crippen LogP contribution >= 0.6 is 0 Å². The molecule has 2 aromatic rings. The number of carbonyl (C=O) groups excluding carboxylic acids is 2. The number of aryl methyl sites for hydroxylation is 2. The van der Waals surface area contributed by atoms with Crippen LogP contribution in [0, 0.1) is 19.7 Å². The van der Waals surface area contributed by atoms with Gasteiger partial charge in [0.2, 0.25) is 5.91 Å². The number of halogens is 1. The lowest BCUT2D eigenvalue weighted by molar-refractivity contribution is -0.137. The Morgan fingerprint density at radius 1 is 1.15 bits per heavy atom. The smallest absolute Gasteiger partial charge is 0.251 e. The molecule has 1 heterocycles. The minimum Gasteiger partial charge on any atom is -0.370 e. The van der Waals surface area contributed by atoms with Crippen LogP contribution in [-0.4, -0.2) is 43.0 Å². The molecule has 0 spiro atoms. The Kier molecular flexibility index (Phi) is 5.86. The molecule has 2 aromatic carbocycles. The van der Waals surface area contributed by atoms with Crippen LogP contribution < -0.4 is 5.32 Å². The van der Waals surface area contributed by atoms with E-state index in [-0.39, 0.29) is 30.3 Å². The van der Waals surface area contributed by atoms with Gasteiger partial charge in [0.15, 0.2) is 0 Å². The van der Waals surface area contributed by atoms with Crippen molar-refractivity contribution in [2.24, 2.45) is 0 Å². The predicted octanol–water partition coefficient (Wildman–Crippen LogP) is 2.77. The van der Waals surface area contributed by atoms with Crippen LogP contribution in [0.25, 0.3) is 0 Å². The molecule has 2 amide bonds. The van der Waals surface area contributed by atoms with Crippen molar-refractivity contribution in [2.75, 3.05) is 26.2 Å². The maximum atomic E-state index is 13.1. The molecule has 142 valence electrons. The molecule has 0 bridgehead atoms. The highest BCUT2D eigenvalue weighted by atomic mass is 19.1. The Hall–Kier alpha value is -2.73. The van der Waals surface area contributed by atoms with E-state index in [4.69, 9.17) is 4.74 Å². The third-order valence-electron chi connectivity index (χ3n) is 4.54. The van der Waals surface area contributed by atoms with E-state index in [0.717, 1.165) is 16.7 Å². The van der Waals surface area contributed by atoms with Crippen molar-refractivity contribution in [1.29, 1.82) is 0 Å². The van der Waals surface area contributed by atoms with Crippen molar-refractivity contribution in [3.8, 4) is 0 Å². The molecule has 1 unspecified atom stereocenters. The topological polar surface area (TPSA) is 58.6 Å². The second-order valence-electron chi connectivity index (χ2n) is 6.81. The third kappa shape index (κ3) is 4.92. The zero-order chi connectivity index (χ0) is 19.4. The number of hydrogen-bond donors (Lipinski definition) is 1. The SMILES string of the molecule is Cc1cc(C)cc(C(=O)NCC(=O)N2CCOC(c3ccc(F)cc3)C2)c1. The quantitative estimate of drug-likeness (QED) is 0.900. The normalized spacial score (nSPS) is 16.9. The summed E-state index contributed by atoms with van der Waals surface area (Å²) in [5.41, 5.74) is 3.38. The van der Waals surface area contributed by atoms with Crippen LogP contribution in [0.5, 0.6) is 0 Å². The van der Waals surface area contributed by atoms with Gasteiger partial charge in [-0.25, -0.2) is 4.39 Å². The van der Waals surface area contributed by atoms with Crippen molar-refractivity contribution in [3.63, 3.8) is 0 Å². The number of benzene rings is 2. The lowest BCUT2D eigenvalue weighted by atomic mass is 10.1. The first kappa shape index (κ1) is 19.0. The monoisotopic (exact) mass is 370 g/mol. The van der Waals surface area contributed by atoms with E-state index in [1.807, 2.05) is 19.9 Å². The summed E-state index contributed by atoms with van der Waals surface area (Å²) in [4.78, 5) is 26.5. The number of nitrogens with one attached hydrogen (secondary N) is 1. The minimum atomic E-state index is -0.309. The van der Waals surface area contributed by atoms with Gasteiger partial charge in [0.25, 0.3) is 5.91 Å². The predicted molar refractivity (Wildman–Crippen MR) is 99.9 cm³/mol. The van der Waals surface area contributed by atoms with Crippen LogP contribution in [0.2, 0.25) is 0 Å². The average Bonchev–Trinajstić information content (AvgIpc) is 2.65. The van der Waals surface area contributed by atoms with Crippen molar-refractivity contribution in [1.82, 2.24) is 10.2 Å². The van der Waals surface area contributed by atoms with Crippen molar-refractivity contribution < 1.29 is 18.7 Å². The van der Waals surface area contributed by atoms with Crippen LogP contribution in [-0.2, 0) is 9.53 Å². The number of amides is 2. The van der Waals surface area contributed by atoms with Crippen molar-refractivity contribution >= 4 is 11.8 Å². The Labute approximate surface area is 158 Å². The highest BCUT2D eigenvalue weighted by Gasteiger charge is 2.25. The Balaban J connectivity index is 1.57. The summed E-state index contributed by atoms with van der Waals surface area (Å²) in [5, 5.41) is 2.69. The molecular weight excluding hydrogens is 347 g/mol. The largest absolute Gasteiger partial charge is 0.370 e. The van der Waals surface area contributed by atoms with Gasteiger partial charge in [-0.3, -0.25) is 9.59 Å². The van der Waals surface area contributed by atoms with Gasteiger partial charge in [-0.2, -0.15) is 0 Å². The second kappa shape index (κ2) is 8.31. The maximum absolute atomic E-state index is 13.1. The standard InChI is InChI=1S/C21H23FN2O3/c1-14-9-15(2)11-17(10-14)21(26)23-12-20(25)24-7-8-27-19(13-24)16-3-5-18(22)6-4-16/h3-6,9-11,19H,7-8,12-13H2,1-2H3,(H,23,26). The molecule has 0 radical (unpaired) electrons. The highest BCUT2D eigenvalue weighted by Crippen LogP contribution is 2.22. The number of ether oxygens (including phenoxy) is 1. The number of rotatable bonds is 4. The summed E-state index contributed by atoms with van der Waals surface area (Å²) in [6.45, 7) is 5.04. The van der Waals surface area contributed by atoms with E-state index in [2.05, 4.69) is 5.32 Å². The molecule has 27 heavy (non-hydrogen) atoms. The van der Waals surface area contributed by atoms with Crippen LogP contribution in [0.15, 0.2) is 42.5 Å². The van der Waals surface area contributed by atoms with Gasteiger partial charge in [-0.1, -0.05) is 29.3 Å². The van der Waals surface area contributed by atoms with Gasteiger partial charge in [-0.15, -0.1) is 0 Å². The summed E-state index contributed by atoms with van der Waals surface area (Å²) >= 11 is 0. The summed E-state index contributed by atoms with van der Waals surface area (Å²) < 4.78 is 18.8. The molecule has 1 N–H and O–H groups in total. The second-order valence-corrected chi connectivity index (χ2v) is 6.81. The van der Waals surface area contributed by atoms with E-state index in [9.17, 15) is 14.0 Å². The van der Waals surface area contributed by atoms with E-state index in [0.29, 0.717) is 25.3 Å². The first-order valence-electron chi connectivity index (χ1n) is 8.94. The van der Waals surface area contributed by atoms with Gasteiger partial charge in [0.1, 0.15) is 11.9 Å². The molecule has 1 atom stereocenters. The molecule has 0 aliphatic carbocycles. The fourth-order valence-electron chi connectivity index (χ4n) is 3.23. The molecule has 6 heteroatoms. The summed E-state index contributed by atoms with van der Waals surface area (Å²) in [6.07, 6.45) is -0.293. The van der Waals surface area contributed by atoms with Crippen LogP contribution in [0.4, 0.5) is 4.39 Å². The third-order valence-corrected chi connectivity index (χ3v) is 4.54. The molecule has 0 aromatic heterocycles. The van der Waals surface area contributed by atoms with Crippen LogP contribution in [0.1, 0.15) is 33.2 Å². The first-order chi connectivity index (χ1) is 12.9. The number of hydrogen-bond acceptors (Lipinski definition) is 3. The fourth-order valence-corrected chi connectivity index (χ4v) is 3.23. The number of morpholine rings is 1. The van der Waals surface area contributed by atoms with E-state index in [1.165, 1.54) is 12.1 Å². The highest BCUT2D eigenvalue weighted by molar-refractivity contribution is 5.96. The maximum Gasteiger partial charge on any atom is 0.251 e. The zero-order valence-electron chi connectivity index (χ0n) is 15.5. The zero-order valence-corrected chi connectivity index (χ0v) is 15.5. The van der Waals surface area contributed by atoms with E-state index >= 15 is 0 Å². The molecule has 1 saturated heterocycles. The summed E-state index contributed by atoms with van der Waals surface area (Å²) in [6, 6.07) is 11.7. The minimum absolute atomic E-state index is 0.0675.